The minimum absolute atomic E-state index is 0.125. The number of nitrogens with zero attached hydrogens (tertiary/aromatic N) is 5. The third-order valence-electron chi connectivity index (χ3n) is 6.71. The van der Waals surface area contributed by atoms with Gasteiger partial charge >= 0.3 is 0 Å². The summed E-state index contributed by atoms with van der Waals surface area (Å²) in [5.74, 6) is 0.125. The lowest BCUT2D eigenvalue weighted by atomic mass is 9.99. The summed E-state index contributed by atoms with van der Waals surface area (Å²) in [5.41, 5.74) is 6.50. The van der Waals surface area contributed by atoms with Crippen LogP contribution in [0.25, 0.3) is 16.6 Å². The molecule has 5 rings (SSSR count). The second kappa shape index (κ2) is 8.89. The number of rotatable bonds is 5. The van der Waals surface area contributed by atoms with E-state index in [1.807, 2.05) is 66.8 Å². The van der Waals surface area contributed by atoms with E-state index in [0.29, 0.717) is 31.4 Å². The number of benzene rings is 2. The zero-order valence-corrected chi connectivity index (χ0v) is 19.9. The number of amides is 1. The average molecular weight is 456 g/mol. The van der Waals surface area contributed by atoms with Crippen molar-refractivity contribution in [2.45, 2.75) is 53.1 Å². The maximum Gasteiger partial charge on any atom is 0.295 e. The monoisotopic (exact) mass is 455 g/mol. The van der Waals surface area contributed by atoms with E-state index in [9.17, 15) is 9.59 Å². The van der Waals surface area contributed by atoms with Crippen molar-refractivity contribution in [1.29, 1.82) is 0 Å². The first-order chi connectivity index (χ1) is 16.4. The van der Waals surface area contributed by atoms with Gasteiger partial charge in [-0.15, -0.1) is 0 Å². The molecule has 0 atom stereocenters. The standard InChI is InChI=1S/C27H29N5O2/c1-18-10-12-23(13-11-18)32-20(3)25-19(2)28-31(27(34)26(25)29-32)15-6-9-24(33)30-16-14-21-7-4-5-8-22(21)17-30/h4-5,7-8,10-13H,6,9,14-17H2,1-3H3. The van der Waals surface area contributed by atoms with Crippen LogP contribution in [0.1, 0.15) is 40.9 Å². The molecular formula is C27H29N5O2. The van der Waals surface area contributed by atoms with Gasteiger partial charge in [-0.2, -0.15) is 10.2 Å². The average Bonchev–Trinajstić information content (AvgIpc) is 3.20. The van der Waals surface area contributed by atoms with Gasteiger partial charge in [0.05, 0.1) is 22.5 Å². The summed E-state index contributed by atoms with van der Waals surface area (Å²) < 4.78 is 3.27. The molecule has 2 aromatic heterocycles. The first-order valence-electron chi connectivity index (χ1n) is 11.8. The first kappa shape index (κ1) is 22.1. The fourth-order valence-corrected chi connectivity index (χ4v) is 4.82. The smallest absolute Gasteiger partial charge is 0.295 e. The molecule has 0 N–H and O–H groups in total. The lowest BCUT2D eigenvalue weighted by Gasteiger charge is -2.29. The molecule has 174 valence electrons. The molecule has 7 heteroatoms. The van der Waals surface area contributed by atoms with Crippen LogP contribution in [0.4, 0.5) is 0 Å². The highest BCUT2D eigenvalue weighted by molar-refractivity contribution is 5.83. The predicted octanol–water partition coefficient (Wildman–Crippen LogP) is 3.87. The highest BCUT2D eigenvalue weighted by Crippen LogP contribution is 2.22. The topological polar surface area (TPSA) is 73.0 Å². The van der Waals surface area contributed by atoms with E-state index in [2.05, 4.69) is 22.3 Å². The molecule has 0 saturated carbocycles. The van der Waals surface area contributed by atoms with Gasteiger partial charge in [-0.25, -0.2) is 9.36 Å². The number of carbonyl (C=O) groups is 1. The maximum absolute atomic E-state index is 13.2. The number of hydrogen-bond acceptors (Lipinski definition) is 4. The van der Waals surface area contributed by atoms with E-state index in [1.54, 1.807) is 0 Å². The molecule has 0 aliphatic carbocycles. The van der Waals surface area contributed by atoms with E-state index in [0.717, 1.165) is 35.4 Å². The second-order valence-corrected chi connectivity index (χ2v) is 9.11. The molecule has 0 saturated heterocycles. The van der Waals surface area contributed by atoms with Gasteiger partial charge in [0.15, 0.2) is 5.52 Å². The minimum Gasteiger partial charge on any atom is -0.338 e. The third-order valence-corrected chi connectivity index (χ3v) is 6.71. The van der Waals surface area contributed by atoms with Gasteiger partial charge in [-0.3, -0.25) is 9.59 Å². The summed E-state index contributed by atoms with van der Waals surface area (Å²) in [6, 6.07) is 16.4. The van der Waals surface area contributed by atoms with Crippen LogP contribution in [0.3, 0.4) is 0 Å². The highest BCUT2D eigenvalue weighted by Gasteiger charge is 2.21. The Morgan fingerprint density at radius 3 is 2.47 bits per heavy atom. The van der Waals surface area contributed by atoms with Crippen molar-refractivity contribution in [1.82, 2.24) is 24.5 Å². The van der Waals surface area contributed by atoms with E-state index in [-0.39, 0.29) is 11.5 Å². The van der Waals surface area contributed by atoms with E-state index < -0.39 is 0 Å². The van der Waals surface area contributed by atoms with E-state index in [1.165, 1.54) is 21.4 Å². The summed E-state index contributed by atoms with van der Waals surface area (Å²) in [5, 5.41) is 9.98. The van der Waals surface area contributed by atoms with Crippen molar-refractivity contribution < 1.29 is 4.79 Å². The molecule has 1 aliphatic heterocycles. The van der Waals surface area contributed by atoms with E-state index in [4.69, 9.17) is 0 Å². The minimum atomic E-state index is -0.214. The van der Waals surface area contributed by atoms with Gasteiger partial charge in [0.25, 0.3) is 5.56 Å². The van der Waals surface area contributed by atoms with Gasteiger partial charge in [-0.1, -0.05) is 42.0 Å². The Labute approximate surface area is 198 Å². The fraction of sp³-hybridized carbons (Fsp3) is 0.333. The van der Waals surface area contributed by atoms with Crippen molar-refractivity contribution in [2.24, 2.45) is 0 Å². The normalized spacial score (nSPS) is 13.3. The van der Waals surface area contributed by atoms with Gasteiger partial charge in [0, 0.05) is 26.1 Å². The highest BCUT2D eigenvalue weighted by atomic mass is 16.2. The molecule has 0 unspecified atom stereocenters. The van der Waals surface area contributed by atoms with Gasteiger partial charge in [-0.05, 0) is 56.9 Å². The van der Waals surface area contributed by atoms with Gasteiger partial charge < -0.3 is 4.90 Å². The molecule has 0 radical (unpaired) electrons. The Kier molecular flexibility index (Phi) is 5.77. The number of hydrogen-bond donors (Lipinski definition) is 0. The van der Waals surface area contributed by atoms with Crippen LogP contribution in [0.15, 0.2) is 53.3 Å². The summed E-state index contributed by atoms with van der Waals surface area (Å²) >= 11 is 0. The Bertz CT molecular complexity index is 1430. The maximum atomic E-state index is 13.2. The quantitative estimate of drug-likeness (QED) is 0.458. The summed E-state index contributed by atoms with van der Waals surface area (Å²) in [4.78, 5) is 27.9. The number of aryl methyl sites for hydroxylation is 4. The molecule has 7 nitrogen and oxygen atoms in total. The van der Waals surface area contributed by atoms with Crippen LogP contribution >= 0.6 is 0 Å². The van der Waals surface area contributed by atoms with Crippen molar-refractivity contribution in [3.63, 3.8) is 0 Å². The van der Waals surface area contributed by atoms with Crippen molar-refractivity contribution >= 4 is 16.8 Å². The molecule has 2 aromatic carbocycles. The van der Waals surface area contributed by atoms with Crippen molar-refractivity contribution in [3.8, 4) is 5.69 Å². The molecule has 3 heterocycles. The van der Waals surface area contributed by atoms with Crippen LogP contribution < -0.4 is 5.56 Å². The number of carbonyl (C=O) groups excluding carboxylic acids is 1. The zero-order chi connectivity index (χ0) is 23.8. The molecule has 1 aliphatic rings. The fourth-order valence-electron chi connectivity index (χ4n) is 4.82. The molecule has 1 amide bonds. The Morgan fingerprint density at radius 2 is 1.71 bits per heavy atom. The van der Waals surface area contributed by atoms with Crippen LogP contribution in [-0.2, 0) is 24.3 Å². The Morgan fingerprint density at radius 1 is 0.971 bits per heavy atom. The Hall–Kier alpha value is -3.74. The summed E-state index contributed by atoms with van der Waals surface area (Å²) in [6.07, 6.45) is 1.85. The van der Waals surface area contributed by atoms with Crippen molar-refractivity contribution in [2.75, 3.05) is 6.54 Å². The number of aromatic nitrogens is 4. The van der Waals surface area contributed by atoms with Crippen molar-refractivity contribution in [3.05, 3.63) is 87.0 Å². The number of fused-ring (bicyclic) bond motifs is 2. The largest absolute Gasteiger partial charge is 0.338 e. The Balaban J connectivity index is 1.32. The van der Waals surface area contributed by atoms with Crippen LogP contribution in [0.5, 0.6) is 0 Å². The first-order valence-corrected chi connectivity index (χ1v) is 11.8. The van der Waals surface area contributed by atoms with E-state index >= 15 is 0 Å². The molecule has 0 bridgehead atoms. The molecule has 0 spiro atoms. The SMILES string of the molecule is Cc1ccc(-n2nc3c(=O)n(CCCC(=O)N4CCc5ccccc5C4)nc(C)c3c2C)cc1. The zero-order valence-electron chi connectivity index (χ0n) is 19.9. The summed E-state index contributed by atoms with van der Waals surface area (Å²) in [7, 11) is 0. The lowest BCUT2D eigenvalue weighted by molar-refractivity contribution is -0.132. The van der Waals surface area contributed by atoms with Gasteiger partial charge in [0.2, 0.25) is 5.91 Å². The molecular weight excluding hydrogens is 426 g/mol. The van der Waals surface area contributed by atoms with Crippen LogP contribution in [-0.4, -0.2) is 36.9 Å². The second-order valence-electron chi connectivity index (χ2n) is 9.11. The molecule has 34 heavy (non-hydrogen) atoms. The van der Waals surface area contributed by atoms with Gasteiger partial charge in [0.1, 0.15) is 0 Å². The third kappa shape index (κ3) is 4.02. The van der Waals surface area contributed by atoms with Crippen LogP contribution in [0, 0.1) is 20.8 Å². The molecule has 4 aromatic rings. The van der Waals surface area contributed by atoms with Crippen LogP contribution in [0.2, 0.25) is 0 Å². The predicted molar refractivity (Wildman–Crippen MR) is 132 cm³/mol. The molecule has 0 fully saturated rings. The summed E-state index contributed by atoms with van der Waals surface area (Å²) in [6.45, 7) is 7.70. The lowest BCUT2D eigenvalue weighted by Crippen LogP contribution is -2.36.